The zero-order valence-electron chi connectivity index (χ0n) is 15.9. The normalized spacial score (nSPS) is 20.7. The Kier molecular flexibility index (Phi) is 8.91. The zero-order chi connectivity index (χ0) is 24.9. The minimum Gasteiger partial charge on any atom is -0.475 e. The van der Waals surface area contributed by atoms with Crippen LogP contribution in [0.15, 0.2) is 24.3 Å². The number of piperazine rings is 1. The number of halogens is 9. The Morgan fingerprint density at radius 2 is 1.34 bits per heavy atom. The van der Waals surface area contributed by atoms with E-state index in [1.54, 1.807) is 12.1 Å². The van der Waals surface area contributed by atoms with Crippen molar-refractivity contribution >= 4 is 11.9 Å². The van der Waals surface area contributed by atoms with E-state index >= 15 is 0 Å². The minimum atomic E-state index is -5.08. The van der Waals surface area contributed by atoms with E-state index in [-0.39, 0.29) is 0 Å². The van der Waals surface area contributed by atoms with Gasteiger partial charge in [-0.3, -0.25) is 4.90 Å². The number of aliphatic carboxylic acids is 2. The first-order chi connectivity index (χ1) is 14.4. The number of carboxylic acids is 2. The van der Waals surface area contributed by atoms with Crippen LogP contribution in [-0.2, 0) is 22.3 Å². The molecule has 0 spiro atoms. The van der Waals surface area contributed by atoms with Crippen LogP contribution < -0.4 is 5.32 Å². The molecule has 0 saturated carbocycles. The second kappa shape index (κ2) is 10.4. The van der Waals surface area contributed by atoms with Gasteiger partial charge < -0.3 is 15.5 Å². The lowest BCUT2D eigenvalue weighted by Gasteiger charge is -2.27. The first-order valence-electron chi connectivity index (χ1n) is 8.65. The number of carboxylic acid groups (broad SMARTS) is 2. The average Bonchev–Trinajstić information content (AvgIpc) is 3.24. The monoisotopic (exact) mass is 484 g/mol. The maximum absolute atomic E-state index is 12.4. The molecule has 2 heterocycles. The first-order valence-corrected chi connectivity index (χ1v) is 8.65. The highest BCUT2D eigenvalue weighted by Crippen LogP contribution is 2.30. The molecule has 32 heavy (non-hydrogen) atoms. The molecule has 15 heteroatoms. The summed E-state index contributed by atoms with van der Waals surface area (Å²) in [6, 6.07) is 6.63. The standard InChI is InChI=1S/C13H15F3N2.2C2HF3O2/c14-13(15,16)10-3-1-9(2-4-10)7-18-8-11-5-12(18)6-17-11;2*3-2(4,5)1(6)7/h1-4,11-12,17H,5-8H2;2*(H,6,7). The van der Waals surface area contributed by atoms with Gasteiger partial charge in [-0.15, -0.1) is 0 Å². The quantitative estimate of drug-likeness (QED) is 0.557. The fourth-order valence-corrected chi connectivity index (χ4v) is 2.87. The predicted octanol–water partition coefficient (Wildman–Crippen LogP) is 3.52. The van der Waals surface area contributed by atoms with Crippen molar-refractivity contribution in [3.05, 3.63) is 35.4 Å². The summed E-state index contributed by atoms with van der Waals surface area (Å²) in [5.41, 5.74) is 0.381. The van der Waals surface area contributed by atoms with Crippen LogP contribution in [0.25, 0.3) is 0 Å². The number of hydrogen-bond acceptors (Lipinski definition) is 4. The van der Waals surface area contributed by atoms with Crippen molar-refractivity contribution in [3.8, 4) is 0 Å². The molecule has 3 rings (SSSR count). The highest BCUT2D eigenvalue weighted by molar-refractivity contribution is 5.73. The molecule has 1 aromatic carbocycles. The molecule has 0 aliphatic carbocycles. The van der Waals surface area contributed by atoms with Crippen LogP contribution in [-0.4, -0.2) is 64.6 Å². The number of benzene rings is 1. The molecule has 2 unspecified atom stereocenters. The zero-order valence-corrected chi connectivity index (χ0v) is 15.9. The summed E-state index contributed by atoms with van der Waals surface area (Å²) in [6.45, 7) is 2.76. The fraction of sp³-hybridized carbons (Fsp3) is 0.529. The van der Waals surface area contributed by atoms with Gasteiger partial charge in [0, 0.05) is 31.7 Å². The molecular weight excluding hydrogens is 467 g/mol. The van der Waals surface area contributed by atoms with Crippen LogP contribution in [0.3, 0.4) is 0 Å². The molecule has 2 aliphatic rings. The van der Waals surface area contributed by atoms with Gasteiger partial charge in [-0.05, 0) is 24.1 Å². The molecule has 0 aromatic heterocycles. The summed E-state index contributed by atoms with van der Waals surface area (Å²) < 4.78 is 101. The number of alkyl halides is 9. The van der Waals surface area contributed by atoms with Gasteiger partial charge >= 0.3 is 30.5 Å². The van der Waals surface area contributed by atoms with E-state index in [2.05, 4.69) is 10.2 Å². The lowest BCUT2D eigenvalue weighted by Crippen LogP contribution is -2.42. The molecule has 0 radical (unpaired) electrons. The maximum atomic E-state index is 12.4. The van der Waals surface area contributed by atoms with Gasteiger partial charge in [0.05, 0.1) is 5.56 Å². The Labute approximate surface area is 174 Å². The Morgan fingerprint density at radius 3 is 1.62 bits per heavy atom. The van der Waals surface area contributed by atoms with Gasteiger partial charge in [0.25, 0.3) is 0 Å². The molecule has 2 atom stereocenters. The van der Waals surface area contributed by atoms with Crippen molar-refractivity contribution in [2.75, 3.05) is 13.1 Å². The van der Waals surface area contributed by atoms with Gasteiger partial charge in [0.2, 0.25) is 0 Å². The van der Waals surface area contributed by atoms with Crippen LogP contribution >= 0.6 is 0 Å². The largest absolute Gasteiger partial charge is 0.490 e. The molecule has 2 aliphatic heterocycles. The number of carbonyl (C=O) groups is 2. The van der Waals surface area contributed by atoms with Crippen LogP contribution in [0.5, 0.6) is 0 Å². The molecule has 2 fully saturated rings. The minimum absolute atomic E-state index is 0.553. The Bertz CT molecular complexity index is 752. The molecular formula is C17H17F9N2O4. The maximum Gasteiger partial charge on any atom is 0.490 e. The van der Waals surface area contributed by atoms with Crippen LogP contribution in [0.2, 0.25) is 0 Å². The van der Waals surface area contributed by atoms with E-state index in [1.807, 2.05) is 0 Å². The second-order valence-electron chi connectivity index (χ2n) is 6.72. The van der Waals surface area contributed by atoms with Gasteiger partial charge in [-0.1, -0.05) is 12.1 Å². The topological polar surface area (TPSA) is 89.9 Å². The Hall–Kier alpha value is -2.55. The lowest BCUT2D eigenvalue weighted by molar-refractivity contribution is -0.193. The molecule has 1 aromatic rings. The Balaban J connectivity index is 0.000000305. The Morgan fingerprint density at radius 1 is 0.906 bits per heavy atom. The van der Waals surface area contributed by atoms with E-state index < -0.39 is 36.0 Å². The summed E-state index contributed by atoms with van der Waals surface area (Å²) in [7, 11) is 0. The van der Waals surface area contributed by atoms with Gasteiger partial charge in [-0.2, -0.15) is 39.5 Å². The number of hydrogen-bond donors (Lipinski definition) is 3. The van der Waals surface area contributed by atoms with Crippen molar-refractivity contribution < 1.29 is 59.3 Å². The molecule has 2 bridgehead atoms. The molecule has 182 valence electrons. The molecule has 3 N–H and O–H groups in total. The molecule has 2 saturated heterocycles. The third kappa shape index (κ3) is 8.90. The van der Waals surface area contributed by atoms with Crippen molar-refractivity contribution in [1.82, 2.24) is 10.2 Å². The van der Waals surface area contributed by atoms with Gasteiger partial charge in [0.1, 0.15) is 0 Å². The van der Waals surface area contributed by atoms with Crippen molar-refractivity contribution in [2.45, 2.75) is 43.6 Å². The third-order valence-corrected chi connectivity index (χ3v) is 4.32. The van der Waals surface area contributed by atoms with E-state index in [0.29, 0.717) is 12.1 Å². The van der Waals surface area contributed by atoms with Gasteiger partial charge in [0.15, 0.2) is 0 Å². The number of likely N-dealkylation sites (tertiary alicyclic amines) is 1. The predicted molar refractivity (Wildman–Crippen MR) is 89.4 cm³/mol. The number of nitrogens with one attached hydrogen (secondary N) is 1. The number of fused-ring (bicyclic) bond motifs is 2. The van der Waals surface area contributed by atoms with Crippen LogP contribution in [0.1, 0.15) is 17.5 Å². The van der Waals surface area contributed by atoms with Crippen LogP contribution in [0.4, 0.5) is 39.5 Å². The fourth-order valence-electron chi connectivity index (χ4n) is 2.87. The van der Waals surface area contributed by atoms with Crippen molar-refractivity contribution in [1.29, 1.82) is 0 Å². The smallest absolute Gasteiger partial charge is 0.475 e. The average molecular weight is 484 g/mol. The number of nitrogens with zero attached hydrogens (tertiary/aromatic N) is 1. The summed E-state index contributed by atoms with van der Waals surface area (Å²) in [4.78, 5) is 20.1. The summed E-state index contributed by atoms with van der Waals surface area (Å²) in [5, 5.41) is 17.7. The van der Waals surface area contributed by atoms with Crippen molar-refractivity contribution in [3.63, 3.8) is 0 Å². The van der Waals surface area contributed by atoms with E-state index in [0.717, 1.165) is 25.2 Å². The summed E-state index contributed by atoms with van der Waals surface area (Å²) >= 11 is 0. The lowest BCUT2D eigenvalue weighted by atomic mass is 10.1. The summed E-state index contributed by atoms with van der Waals surface area (Å²) in [6.07, 6.45) is -13.2. The van der Waals surface area contributed by atoms with Gasteiger partial charge in [-0.25, -0.2) is 9.59 Å². The third-order valence-electron chi connectivity index (χ3n) is 4.32. The highest BCUT2D eigenvalue weighted by Gasteiger charge is 2.39. The highest BCUT2D eigenvalue weighted by atomic mass is 19.4. The molecule has 0 amide bonds. The van der Waals surface area contributed by atoms with E-state index in [4.69, 9.17) is 19.8 Å². The molecule has 6 nitrogen and oxygen atoms in total. The second-order valence-corrected chi connectivity index (χ2v) is 6.72. The number of rotatable bonds is 2. The van der Waals surface area contributed by atoms with Crippen molar-refractivity contribution in [2.24, 2.45) is 0 Å². The SMILES string of the molecule is FC(F)(F)c1ccc(CN2CC3CC2CN3)cc1.O=C(O)C(F)(F)F.O=C(O)C(F)(F)F. The van der Waals surface area contributed by atoms with E-state index in [9.17, 15) is 39.5 Å². The van der Waals surface area contributed by atoms with E-state index in [1.165, 1.54) is 18.6 Å². The summed E-state index contributed by atoms with van der Waals surface area (Å²) in [5.74, 6) is -5.51. The van der Waals surface area contributed by atoms with Crippen LogP contribution in [0, 0.1) is 0 Å². The first kappa shape index (κ1) is 27.5.